The maximum Gasteiger partial charge on any atom is 0.308 e. The van der Waals surface area contributed by atoms with E-state index in [1.807, 2.05) is 24.3 Å². The Morgan fingerprint density at radius 1 is 1.47 bits per heavy atom. The quantitative estimate of drug-likeness (QED) is 0.824. The molecule has 0 amide bonds. The van der Waals surface area contributed by atoms with Crippen molar-refractivity contribution in [3.8, 4) is 0 Å². The van der Waals surface area contributed by atoms with E-state index in [4.69, 9.17) is 16.3 Å². The average molecular weight is 254 g/mol. The van der Waals surface area contributed by atoms with E-state index in [0.29, 0.717) is 0 Å². The molecule has 3 nitrogen and oxygen atoms in total. The van der Waals surface area contributed by atoms with Crippen LogP contribution < -0.4 is 5.32 Å². The summed E-state index contributed by atoms with van der Waals surface area (Å²) in [6, 6.07) is 7.89. The van der Waals surface area contributed by atoms with Crippen LogP contribution in [0.3, 0.4) is 0 Å². The van der Waals surface area contributed by atoms with Crippen LogP contribution in [0.2, 0.25) is 5.02 Å². The largest absolute Gasteiger partial charge is 0.469 e. The average Bonchev–Trinajstić information content (AvgIpc) is 2.38. The van der Waals surface area contributed by atoms with E-state index in [0.717, 1.165) is 30.0 Å². The predicted octanol–water partition coefficient (Wildman–Crippen LogP) is 2.55. The fourth-order valence-electron chi connectivity index (χ4n) is 2.29. The van der Waals surface area contributed by atoms with Crippen LogP contribution in [-0.4, -0.2) is 19.6 Å². The Morgan fingerprint density at radius 2 is 2.24 bits per heavy atom. The maximum atomic E-state index is 11.5. The van der Waals surface area contributed by atoms with E-state index in [1.54, 1.807) is 0 Å². The summed E-state index contributed by atoms with van der Waals surface area (Å²) in [7, 11) is 1.44. The standard InChI is InChI=1S/C13H16ClNO2/c1-17-13(16)9-6-7-15-12(8-9)10-4-2-3-5-11(10)14/h2-5,9,12,15H,6-8H2,1H3. The highest BCUT2D eigenvalue weighted by Gasteiger charge is 2.29. The molecule has 1 aromatic rings. The number of hydrogen-bond donors (Lipinski definition) is 1. The summed E-state index contributed by atoms with van der Waals surface area (Å²) in [5.74, 6) is -0.147. The van der Waals surface area contributed by atoms with Gasteiger partial charge >= 0.3 is 5.97 Å². The molecule has 0 aliphatic carbocycles. The van der Waals surface area contributed by atoms with E-state index >= 15 is 0 Å². The van der Waals surface area contributed by atoms with Crippen LogP contribution in [0.1, 0.15) is 24.4 Å². The molecule has 2 rings (SSSR count). The zero-order valence-electron chi connectivity index (χ0n) is 9.78. The van der Waals surface area contributed by atoms with Crippen LogP contribution in [0, 0.1) is 5.92 Å². The van der Waals surface area contributed by atoms with E-state index in [9.17, 15) is 4.79 Å². The van der Waals surface area contributed by atoms with Gasteiger partial charge in [0.1, 0.15) is 0 Å². The second-order valence-corrected chi connectivity index (χ2v) is 4.68. The van der Waals surface area contributed by atoms with Gasteiger partial charge < -0.3 is 10.1 Å². The molecule has 1 aliphatic rings. The van der Waals surface area contributed by atoms with E-state index in [1.165, 1.54) is 7.11 Å². The van der Waals surface area contributed by atoms with Gasteiger partial charge in [0.25, 0.3) is 0 Å². The van der Waals surface area contributed by atoms with Gasteiger partial charge in [0.05, 0.1) is 13.0 Å². The Kier molecular flexibility index (Phi) is 4.02. The zero-order valence-corrected chi connectivity index (χ0v) is 10.5. The first-order valence-corrected chi connectivity index (χ1v) is 6.16. The predicted molar refractivity (Wildman–Crippen MR) is 66.9 cm³/mol. The van der Waals surface area contributed by atoms with Gasteiger partial charge in [0, 0.05) is 11.1 Å². The molecule has 17 heavy (non-hydrogen) atoms. The number of methoxy groups -OCH3 is 1. The van der Waals surface area contributed by atoms with Gasteiger partial charge in [-0.2, -0.15) is 0 Å². The minimum absolute atomic E-state index is 0.0254. The van der Waals surface area contributed by atoms with Crippen LogP contribution in [0.25, 0.3) is 0 Å². The highest BCUT2D eigenvalue weighted by molar-refractivity contribution is 6.31. The SMILES string of the molecule is COC(=O)C1CCNC(c2ccccc2Cl)C1. The van der Waals surface area contributed by atoms with Crippen LogP contribution in [0.5, 0.6) is 0 Å². The van der Waals surface area contributed by atoms with E-state index in [-0.39, 0.29) is 17.9 Å². The number of rotatable bonds is 2. The van der Waals surface area contributed by atoms with Crippen molar-refractivity contribution in [2.24, 2.45) is 5.92 Å². The molecule has 1 aliphatic heterocycles. The van der Waals surface area contributed by atoms with Gasteiger partial charge in [-0.05, 0) is 31.0 Å². The van der Waals surface area contributed by atoms with Gasteiger partial charge in [0.2, 0.25) is 0 Å². The number of hydrogen-bond acceptors (Lipinski definition) is 3. The molecule has 0 saturated carbocycles. The number of carbonyl (C=O) groups excluding carboxylic acids is 1. The lowest BCUT2D eigenvalue weighted by atomic mass is 9.89. The first-order valence-electron chi connectivity index (χ1n) is 5.78. The van der Waals surface area contributed by atoms with Crippen molar-refractivity contribution in [1.82, 2.24) is 5.32 Å². The van der Waals surface area contributed by atoms with Crippen LogP contribution in [0.15, 0.2) is 24.3 Å². The Bertz CT molecular complexity index is 408. The number of piperidine rings is 1. The third-order valence-corrected chi connectivity index (χ3v) is 3.56. The lowest BCUT2D eigenvalue weighted by Crippen LogP contribution is -2.35. The molecule has 0 aromatic heterocycles. The summed E-state index contributed by atoms with van der Waals surface area (Å²) in [4.78, 5) is 11.5. The summed E-state index contributed by atoms with van der Waals surface area (Å²) < 4.78 is 4.80. The van der Waals surface area contributed by atoms with Crippen LogP contribution in [-0.2, 0) is 9.53 Å². The topological polar surface area (TPSA) is 38.3 Å². The highest BCUT2D eigenvalue weighted by Crippen LogP contribution is 2.31. The molecule has 2 unspecified atom stereocenters. The second kappa shape index (κ2) is 5.52. The molecule has 92 valence electrons. The second-order valence-electron chi connectivity index (χ2n) is 4.27. The van der Waals surface area contributed by atoms with Gasteiger partial charge in [0.15, 0.2) is 0 Å². The first-order chi connectivity index (χ1) is 8.22. The smallest absolute Gasteiger partial charge is 0.308 e. The van der Waals surface area contributed by atoms with E-state index in [2.05, 4.69) is 5.32 Å². The molecule has 0 radical (unpaired) electrons. The third kappa shape index (κ3) is 2.79. The third-order valence-electron chi connectivity index (χ3n) is 3.22. The van der Waals surface area contributed by atoms with Gasteiger partial charge in [-0.3, -0.25) is 4.79 Å². The monoisotopic (exact) mass is 253 g/mol. The number of carbonyl (C=O) groups is 1. The van der Waals surface area contributed by atoms with Crippen molar-refractivity contribution in [2.75, 3.05) is 13.7 Å². The minimum Gasteiger partial charge on any atom is -0.469 e. The molecular formula is C13H16ClNO2. The number of halogens is 1. The molecule has 0 spiro atoms. The Morgan fingerprint density at radius 3 is 2.94 bits per heavy atom. The fourth-order valence-corrected chi connectivity index (χ4v) is 2.56. The molecule has 1 N–H and O–H groups in total. The molecule has 4 heteroatoms. The summed E-state index contributed by atoms with van der Waals surface area (Å²) >= 11 is 6.16. The maximum absolute atomic E-state index is 11.5. The summed E-state index contributed by atoms with van der Waals surface area (Å²) in [5, 5.41) is 4.14. The van der Waals surface area contributed by atoms with Crippen LogP contribution >= 0.6 is 11.6 Å². The van der Waals surface area contributed by atoms with Crippen molar-refractivity contribution in [3.63, 3.8) is 0 Å². The lowest BCUT2D eigenvalue weighted by molar-refractivity contribution is -0.146. The number of benzene rings is 1. The van der Waals surface area contributed by atoms with E-state index < -0.39 is 0 Å². The molecular weight excluding hydrogens is 238 g/mol. The normalized spacial score (nSPS) is 24.4. The summed E-state index contributed by atoms with van der Waals surface area (Å²) in [5.41, 5.74) is 1.06. The van der Waals surface area contributed by atoms with Gasteiger partial charge in [-0.25, -0.2) is 0 Å². The molecule has 1 fully saturated rings. The summed E-state index contributed by atoms with van der Waals surface area (Å²) in [6.07, 6.45) is 1.57. The molecule has 1 saturated heterocycles. The lowest BCUT2D eigenvalue weighted by Gasteiger charge is -2.29. The number of esters is 1. The van der Waals surface area contributed by atoms with Gasteiger partial charge in [-0.15, -0.1) is 0 Å². The molecule has 1 aromatic carbocycles. The summed E-state index contributed by atoms with van der Waals surface area (Å²) in [6.45, 7) is 0.815. The molecule has 0 bridgehead atoms. The van der Waals surface area contributed by atoms with Crippen molar-refractivity contribution >= 4 is 17.6 Å². The molecule has 2 atom stereocenters. The Labute approximate surface area is 106 Å². The van der Waals surface area contributed by atoms with Crippen molar-refractivity contribution in [1.29, 1.82) is 0 Å². The van der Waals surface area contributed by atoms with Crippen molar-refractivity contribution in [3.05, 3.63) is 34.9 Å². The minimum atomic E-state index is -0.122. The molecule has 1 heterocycles. The number of nitrogens with one attached hydrogen (secondary N) is 1. The van der Waals surface area contributed by atoms with Crippen molar-refractivity contribution in [2.45, 2.75) is 18.9 Å². The fraction of sp³-hybridized carbons (Fsp3) is 0.462. The zero-order chi connectivity index (χ0) is 12.3. The number of ether oxygens (including phenoxy) is 1. The van der Waals surface area contributed by atoms with Crippen molar-refractivity contribution < 1.29 is 9.53 Å². The van der Waals surface area contributed by atoms with Gasteiger partial charge in [-0.1, -0.05) is 29.8 Å². The highest BCUT2D eigenvalue weighted by atomic mass is 35.5. The Hall–Kier alpha value is -1.06. The van der Waals surface area contributed by atoms with Crippen LogP contribution in [0.4, 0.5) is 0 Å². The first kappa shape index (κ1) is 12.4. The Balaban J connectivity index is 2.12.